The van der Waals surface area contributed by atoms with Crippen molar-refractivity contribution in [3.63, 3.8) is 0 Å². The van der Waals surface area contributed by atoms with E-state index in [4.69, 9.17) is 4.74 Å². The average molecular weight is 386 g/mol. The van der Waals surface area contributed by atoms with Gasteiger partial charge < -0.3 is 10.1 Å². The Kier molecular flexibility index (Phi) is 4.06. The van der Waals surface area contributed by atoms with Gasteiger partial charge in [0, 0.05) is 16.6 Å². The fourth-order valence-electron chi connectivity index (χ4n) is 2.38. The van der Waals surface area contributed by atoms with Crippen LogP contribution in [-0.2, 0) is 12.6 Å². The second kappa shape index (κ2) is 5.88. The molecule has 2 aromatic carbocycles. The van der Waals surface area contributed by atoms with Gasteiger partial charge in [-0.3, -0.25) is 4.79 Å². The van der Waals surface area contributed by atoms with Crippen LogP contribution in [0.2, 0.25) is 0 Å². The van der Waals surface area contributed by atoms with Gasteiger partial charge in [-0.1, -0.05) is 15.9 Å². The number of amides is 1. The highest BCUT2D eigenvalue weighted by Gasteiger charge is 2.30. The Labute approximate surface area is 138 Å². The molecular weight excluding hydrogens is 375 g/mol. The van der Waals surface area contributed by atoms with Crippen LogP contribution in [-0.4, -0.2) is 12.5 Å². The smallest absolute Gasteiger partial charge is 0.416 e. The molecule has 0 aromatic heterocycles. The van der Waals surface area contributed by atoms with E-state index >= 15 is 0 Å². The van der Waals surface area contributed by atoms with Gasteiger partial charge in [-0.15, -0.1) is 0 Å². The summed E-state index contributed by atoms with van der Waals surface area (Å²) in [5, 5.41) is 2.59. The van der Waals surface area contributed by atoms with E-state index in [1.807, 2.05) is 6.07 Å². The molecule has 1 N–H and O–H groups in total. The predicted octanol–water partition coefficient (Wildman–Crippen LogP) is 4.66. The largest absolute Gasteiger partial charge is 0.492 e. The maximum Gasteiger partial charge on any atom is 0.416 e. The van der Waals surface area contributed by atoms with E-state index in [2.05, 4.69) is 21.2 Å². The van der Waals surface area contributed by atoms with Gasteiger partial charge >= 0.3 is 6.18 Å². The van der Waals surface area contributed by atoms with E-state index < -0.39 is 17.6 Å². The molecule has 2 aromatic rings. The number of hydrogen-bond donors (Lipinski definition) is 1. The molecule has 0 radical (unpaired) electrons. The van der Waals surface area contributed by atoms with Crippen LogP contribution in [0.1, 0.15) is 21.5 Å². The first kappa shape index (κ1) is 15.9. The zero-order valence-electron chi connectivity index (χ0n) is 11.7. The maximum absolute atomic E-state index is 12.5. The lowest BCUT2D eigenvalue weighted by Crippen LogP contribution is -2.13. The molecule has 7 heteroatoms. The molecule has 0 aliphatic carbocycles. The molecule has 3 rings (SSSR count). The van der Waals surface area contributed by atoms with Crippen molar-refractivity contribution < 1.29 is 22.7 Å². The van der Waals surface area contributed by atoms with E-state index in [1.54, 1.807) is 6.07 Å². The normalized spacial score (nSPS) is 13.4. The van der Waals surface area contributed by atoms with Crippen molar-refractivity contribution in [1.29, 1.82) is 0 Å². The molecule has 0 spiro atoms. The number of hydrogen-bond acceptors (Lipinski definition) is 2. The molecule has 23 heavy (non-hydrogen) atoms. The predicted molar refractivity (Wildman–Crippen MR) is 82.7 cm³/mol. The van der Waals surface area contributed by atoms with Crippen molar-refractivity contribution in [2.24, 2.45) is 0 Å². The number of carbonyl (C=O) groups is 1. The summed E-state index contributed by atoms with van der Waals surface area (Å²) in [6, 6.07) is 7.81. The molecule has 0 fully saturated rings. The third kappa shape index (κ3) is 3.34. The fraction of sp³-hybridized carbons (Fsp3) is 0.188. The van der Waals surface area contributed by atoms with Gasteiger partial charge in [0.05, 0.1) is 17.7 Å². The van der Waals surface area contributed by atoms with Gasteiger partial charge in [0.25, 0.3) is 5.91 Å². The number of benzene rings is 2. The summed E-state index contributed by atoms with van der Waals surface area (Å²) < 4.78 is 43.8. The maximum atomic E-state index is 12.5. The molecule has 0 atom stereocenters. The SMILES string of the molecule is O=C(Nc1ccc(C(F)(F)F)cc1)c1cc(Br)cc2c1OCC2. The number of ether oxygens (including phenoxy) is 1. The van der Waals surface area contributed by atoms with E-state index in [1.165, 1.54) is 12.1 Å². The number of carbonyl (C=O) groups excluding carboxylic acids is 1. The molecule has 0 unspecified atom stereocenters. The lowest BCUT2D eigenvalue weighted by atomic mass is 10.1. The molecule has 1 aliphatic heterocycles. The number of nitrogens with one attached hydrogen (secondary N) is 1. The number of rotatable bonds is 2. The van der Waals surface area contributed by atoms with Gasteiger partial charge in [-0.05, 0) is 42.0 Å². The van der Waals surface area contributed by atoms with Gasteiger partial charge in [-0.2, -0.15) is 13.2 Å². The summed E-state index contributed by atoms with van der Waals surface area (Å²) in [5.74, 6) is 0.0989. The molecule has 1 aliphatic rings. The highest BCUT2D eigenvalue weighted by molar-refractivity contribution is 9.10. The molecule has 1 amide bonds. The second-order valence-electron chi connectivity index (χ2n) is 5.07. The minimum Gasteiger partial charge on any atom is -0.492 e. The van der Waals surface area contributed by atoms with Crippen LogP contribution < -0.4 is 10.1 Å². The molecule has 120 valence electrons. The van der Waals surface area contributed by atoms with Crippen LogP contribution in [0, 0.1) is 0 Å². The summed E-state index contributed by atoms with van der Waals surface area (Å²) in [6.07, 6.45) is -3.68. The molecular formula is C16H11BrF3NO2. The molecule has 0 saturated heterocycles. The van der Waals surface area contributed by atoms with Crippen molar-refractivity contribution in [1.82, 2.24) is 0 Å². The van der Waals surface area contributed by atoms with Crippen molar-refractivity contribution >= 4 is 27.5 Å². The minimum absolute atomic E-state index is 0.287. The van der Waals surface area contributed by atoms with Crippen LogP contribution in [0.25, 0.3) is 0 Å². The van der Waals surface area contributed by atoms with Gasteiger partial charge in [-0.25, -0.2) is 0 Å². The Morgan fingerprint density at radius 1 is 1.17 bits per heavy atom. The first-order valence-electron chi connectivity index (χ1n) is 6.78. The zero-order chi connectivity index (χ0) is 16.6. The molecule has 0 saturated carbocycles. The van der Waals surface area contributed by atoms with Crippen LogP contribution in [0.3, 0.4) is 0 Å². The van der Waals surface area contributed by atoms with Crippen molar-refractivity contribution in [2.45, 2.75) is 12.6 Å². The first-order valence-corrected chi connectivity index (χ1v) is 7.58. The van der Waals surface area contributed by atoms with E-state index in [-0.39, 0.29) is 5.69 Å². The van der Waals surface area contributed by atoms with Crippen molar-refractivity contribution in [2.75, 3.05) is 11.9 Å². The summed E-state index contributed by atoms with van der Waals surface area (Å²) in [4.78, 5) is 12.4. The molecule has 0 bridgehead atoms. The van der Waals surface area contributed by atoms with Crippen LogP contribution in [0.15, 0.2) is 40.9 Å². The molecule has 3 nitrogen and oxygen atoms in total. The van der Waals surface area contributed by atoms with Gasteiger partial charge in [0.1, 0.15) is 5.75 Å². The lowest BCUT2D eigenvalue weighted by molar-refractivity contribution is -0.137. The summed E-state index contributed by atoms with van der Waals surface area (Å²) in [5.41, 5.74) is 0.806. The second-order valence-corrected chi connectivity index (χ2v) is 5.98. The van der Waals surface area contributed by atoms with Crippen molar-refractivity contribution in [3.8, 4) is 5.75 Å². The highest BCUT2D eigenvalue weighted by Crippen LogP contribution is 2.34. The zero-order valence-corrected chi connectivity index (χ0v) is 13.3. The lowest BCUT2D eigenvalue weighted by Gasteiger charge is -2.11. The van der Waals surface area contributed by atoms with Gasteiger partial charge in [0.2, 0.25) is 0 Å². The Hall–Kier alpha value is -2.02. The Bertz CT molecular complexity index is 757. The van der Waals surface area contributed by atoms with Crippen LogP contribution >= 0.6 is 15.9 Å². The summed E-state index contributed by atoms with van der Waals surface area (Å²) >= 11 is 3.34. The monoisotopic (exact) mass is 385 g/mol. The summed E-state index contributed by atoms with van der Waals surface area (Å²) in [6.45, 7) is 0.506. The number of alkyl halides is 3. The standard InChI is InChI=1S/C16H11BrF3NO2/c17-11-7-9-5-6-23-14(9)13(8-11)15(22)21-12-3-1-10(2-4-12)16(18,19)20/h1-4,7-8H,5-6H2,(H,21,22). The Balaban J connectivity index is 1.83. The minimum atomic E-state index is -4.40. The Morgan fingerprint density at radius 2 is 1.87 bits per heavy atom. The summed E-state index contributed by atoms with van der Waals surface area (Å²) in [7, 11) is 0. The molecule has 1 heterocycles. The van der Waals surface area contributed by atoms with E-state index in [0.29, 0.717) is 17.9 Å². The first-order chi connectivity index (χ1) is 10.8. The Morgan fingerprint density at radius 3 is 2.52 bits per heavy atom. The van der Waals surface area contributed by atoms with E-state index in [0.717, 1.165) is 28.6 Å². The topological polar surface area (TPSA) is 38.3 Å². The number of anilines is 1. The number of fused-ring (bicyclic) bond motifs is 1. The van der Waals surface area contributed by atoms with E-state index in [9.17, 15) is 18.0 Å². The third-order valence-electron chi connectivity index (χ3n) is 3.46. The van der Waals surface area contributed by atoms with Crippen LogP contribution in [0.4, 0.5) is 18.9 Å². The third-order valence-corrected chi connectivity index (χ3v) is 3.92. The van der Waals surface area contributed by atoms with Gasteiger partial charge in [0.15, 0.2) is 0 Å². The quantitative estimate of drug-likeness (QED) is 0.816. The van der Waals surface area contributed by atoms with Crippen molar-refractivity contribution in [3.05, 3.63) is 57.6 Å². The highest BCUT2D eigenvalue weighted by atomic mass is 79.9. The van der Waals surface area contributed by atoms with Crippen LogP contribution in [0.5, 0.6) is 5.75 Å². The average Bonchev–Trinajstić information content (AvgIpc) is 2.94. The fourth-order valence-corrected chi connectivity index (χ4v) is 2.88. The number of halogens is 4.